The van der Waals surface area contributed by atoms with Crippen molar-refractivity contribution in [1.29, 1.82) is 0 Å². The van der Waals surface area contributed by atoms with Gasteiger partial charge in [0.15, 0.2) is 0 Å². The Labute approximate surface area is 128 Å². The molecule has 22 heavy (non-hydrogen) atoms. The van der Waals surface area contributed by atoms with Crippen molar-refractivity contribution in [3.05, 3.63) is 60.2 Å². The van der Waals surface area contributed by atoms with Gasteiger partial charge in [0, 0.05) is 5.56 Å². The van der Waals surface area contributed by atoms with Crippen molar-refractivity contribution < 1.29 is 19.1 Å². The van der Waals surface area contributed by atoms with Crippen LogP contribution in [0.2, 0.25) is 0 Å². The van der Waals surface area contributed by atoms with Crippen LogP contribution in [0.25, 0.3) is 0 Å². The Hall–Kier alpha value is -2.82. The molecule has 0 unspecified atom stereocenters. The molecule has 5 nitrogen and oxygen atoms in total. The van der Waals surface area contributed by atoms with Crippen molar-refractivity contribution >= 4 is 11.9 Å². The zero-order valence-corrected chi connectivity index (χ0v) is 12.4. The van der Waals surface area contributed by atoms with Gasteiger partial charge in [0.2, 0.25) is 0 Å². The van der Waals surface area contributed by atoms with Crippen LogP contribution in [0.4, 0.5) is 0 Å². The van der Waals surface area contributed by atoms with Crippen molar-refractivity contribution in [3.8, 4) is 11.5 Å². The molecule has 2 aromatic carbocycles. The van der Waals surface area contributed by atoms with E-state index in [1.807, 2.05) is 30.3 Å². The van der Waals surface area contributed by atoms with E-state index in [1.54, 1.807) is 31.2 Å². The van der Waals surface area contributed by atoms with Crippen molar-refractivity contribution in [2.24, 2.45) is 0 Å². The number of hydrogen-bond donors (Lipinski definition) is 1. The third-order valence-corrected chi connectivity index (χ3v) is 3.00. The van der Waals surface area contributed by atoms with Gasteiger partial charge in [0.1, 0.15) is 17.5 Å². The summed E-state index contributed by atoms with van der Waals surface area (Å²) in [5.41, 5.74) is 0.441. The van der Waals surface area contributed by atoms with Crippen LogP contribution >= 0.6 is 0 Å². The maximum Gasteiger partial charge on any atom is 0.328 e. The molecule has 1 atom stereocenters. The number of para-hydroxylation sites is 1. The standard InChI is InChI=1S/C17H17NO4/c1-12(17(20)21-2)18-16(19)13-8-10-15(11-9-13)22-14-6-4-3-5-7-14/h3-12H,1-2H3,(H,18,19)/t12-/m1/s1. The van der Waals surface area contributed by atoms with E-state index in [4.69, 9.17) is 4.74 Å². The van der Waals surface area contributed by atoms with Crippen LogP contribution in [0.3, 0.4) is 0 Å². The Morgan fingerprint density at radius 2 is 1.55 bits per heavy atom. The quantitative estimate of drug-likeness (QED) is 0.862. The highest BCUT2D eigenvalue weighted by molar-refractivity contribution is 5.96. The molecule has 0 aliphatic rings. The number of hydrogen-bond acceptors (Lipinski definition) is 4. The highest BCUT2D eigenvalue weighted by Crippen LogP contribution is 2.21. The van der Waals surface area contributed by atoms with E-state index in [-0.39, 0.29) is 5.91 Å². The first-order valence-corrected chi connectivity index (χ1v) is 6.82. The summed E-state index contributed by atoms with van der Waals surface area (Å²) in [6, 6.07) is 15.3. The first-order chi connectivity index (χ1) is 10.6. The van der Waals surface area contributed by atoms with Crippen molar-refractivity contribution in [3.63, 3.8) is 0 Å². The average molecular weight is 299 g/mol. The second-order valence-corrected chi connectivity index (χ2v) is 4.66. The molecule has 0 bridgehead atoms. The molecule has 1 amide bonds. The molecule has 0 fully saturated rings. The lowest BCUT2D eigenvalue weighted by atomic mass is 10.2. The van der Waals surface area contributed by atoms with Gasteiger partial charge in [-0.2, -0.15) is 0 Å². The minimum atomic E-state index is -0.697. The highest BCUT2D eigenvalue weighted by Gasteiger charge is 2.16. The molecular formula is C17H17NO4. The lowest BCUT2D eigenvalue weighted by Crippen LogP contribution is -2.39. The number of nitrogens with one attached hydrogen (secondary N) is 1. The highest BCUT2D eigenvalue weighted by atomic mass is 16.5. The molecule has 0 saturated carbocycles. The van der Waals surface area contributed by atoms with Gasteiger partial charge < -0.3 is 14.8 Å². The summed E-state index contributed by atoms with van der Waals surface area (Å²) in [7, 11) is 1.28. The third-order valence-electron chi connectivity index (χ3n) is 3.00. The summed E-state index contributed by atoms with van der Waals surface area (Å²) in [5.74, 6) is 0.518. The molecule has 0 aromatic heterocycles. The topological polar surface area (TPSA) is 64.6 Å². The van der Waals surface area contributed by atoms with Gasteiger partial charge in [0.05, 0.1) is 7.11 Å². The molecule has 0 aliphatic carbocycles. The molecule has 0 saturated heterocycles. The van der Waals surface area contributed by atoms with Gasteiger partial charge in [-0.3, -0.25) is 4.79 Å². The predicted molar refractivity (Wildman–Crippen MR) is 81.9 cm³/mol. The van der Waals surface area contributed by atoms with Gasteiger partial charge in [-0.15, -0.1) is 0 Å². The van der Waals surface area contributed by atoms with Crippen LogP contribution in [-0.4, -0.2) is 25.0 Å². The first kappa shape index (κ1) is 15.6. The van der Waals surface area contributed by atoms with Gasteiger partial charge in [-0.05, 0) is 43.3 Å². The predicted octanol–water partition coefficient (Wildman–Crippen LogP) is 2.77. The van der Waals surface area contributed by atoms with Gasteiger partial charge in [0.25, 0.3) is 5.91 Å². The number of rotatable bonds is 5. The normalized spacial score (nSPS) is 11.4. The second kappa shape index (κ2) is 7.26. The smallest absolute Gasteiger partial charge is 0.328 e. The van der Waals surface area contributed by atoms with Gasteiger partial charge in [-0.25, -0.2) is 4.79 Å². The fourth-order valence-corrected chi connectivity index (χ4v) is 1.81. The largest absolute Gasteiger partial charge is 0.467 e. The average Bonchev–Trinajstić information content (AvgIpc) is 2.55. The summed E-state index contributed by atoms with van der Waals surface area (Å²) >= 11 is 0. The summed E-state index contributed by atoms with van der Waals surface area (Å²) in [4.78, 5) is 23.3. The number of ether oxygens (including phenoxy) is 2. The molecule has 1 N–H and O–H groups in total. The maximum absolute atomic E-state index is 12.0. The summed E-state index contributed by atoms with van der Waals surface area (Å²) in [5, 5.41) is 2.56. The molecule has 2 rings (SSSR count). The zero-order chi connectivity index (χ0) is 15.9. The Bertz CT molecular complexity index is 637. The van der Waals surface area contributed by atoms with Crippen LogP contribution in [0, 0.1) is 0 Å². The van der Waals surface area contributed by atoms with Crippen molar-refractivity contribution in [1.82, 2.24) is 5.32 Å². The van der Waals surface area contributed by atoms with Crippen LogP contribution in [-0.2, 0) is 9.53 Å². The molecule has 0 heterocycles. The Morgan fingerprint density at radius 3 is 2.14 bits per heavy atom. The second-order valence-electron chi connectivity index (χ2n) is 4.66. The summed E-state index contributed by atoms with van der Waals surface area (Å²) in [6.45, 7) is 1.57. The number of carbonyl (C=O) groups excluding carboxylic acids is 2. The minimum Gasteiger partial charge on any atom is -0.467 e. The number of esters is 1. The Kier molecular flexibility index (Phi) is 5.14. The van der Waals surface area contributed by atoms with Crippen LogP contribution in [0.15, 0.2) is 54.6 Å². The van der Waals surface area contributed by atoms with Crippen molar-refractivity contribution in [2.45, 2.75) is 13.0 Å². The maximum atomic E-state index is 12.0. The van der Waals surface area contributed by atoms with E-state index in [1.165, 1.54) is 7.11 Å². The number of amides is 1. The number of methoxy groups -OCH3 is 1. The van der Waals surface area contributed by atoms with E-state index in [0.717, 1.165) is 5.75 Å². The third kappa shape index (κ3) is 4.09. The van der Waals surface area contributed by atoms with Gasteiger partial charge in [-0.1, -0.05) is 18.2 Å². The lowest BCUT2D eigenvalue weighted by molar-refractivity contribution is -0.142. The number of benzene rings is 2. The number of carbonyl (C=O) groups is 2. The van der Waals surface area contributed by atoms with E-state index >= 15 is 0 Å². The summed E-state index contributed by atoms with van der Waals surface area (Å²) in [6.07, 6.45) is 0. The SMILES string of the molecule is COC(=O)[C@@H](C)NC(=O)c1ccc(Oc2ccccc2)cc1. The van der Waals surface area contributed by atoms with Crippen LogP contribution < -0.4 is 10.1 Å². The molecule has 2 aromatic rings. The van der Waals surface area contributed by atoms with E-state index in [0.29, 0.717) is 11.3 Å². The van der Waals surface area contributed by atoms with Crippen LogP contribution in [0.5, 0.6) is 11.5 Å². The molecule has 0 spiro atoms. The monoisotopic (exact) mass is 299 g/mol. The fourth-order valence-electron chi connectivity index (χ4n) is 1.81. The molecule has 0 radical (unpaired) electrons. The van der Waals surface area contributed by atoms with E-state index in [2.05, 4.69) is 10.1 Å². The fraction of sp³-hybridized carbons (Fsp3) is 0.176. The minimum absolute atomic E-state index is 0.343. The van der Waals surface area contributed by atoms with E-state index in [9.17, 15) is 9.59 Å². The summed E-state index contributed by atoms with van der Waals surface area (Å²) < 4.78 is 10.2. The van der Waals surface area contributed by atoms with Crippen LogP contribution in [0.1, 0.15) is 17.3 Å². The van der Waals surface area contributed by atoms with E-state index < -0.39 is 12.0 Å². The first-order valence-electron chi connectivity index (χ1n) is 6.82. The molecule has 5 heteroatoms. The lowest BCUT2D eigenvalue weighted by Gasteiger charge is -2.12. The Morgan fingerprint density at radius 1 is 0.955 bits per heavy atom. The molecule has 114 valence electrons. The molecular weight excluding hydrogens is 282 g/mol. The van der Waals surface area contributed by atoms with Gasteiger partial charge >= 0.3 is 5.97 Å². The zero-order valence-electron chi connectivity index (χ0n) is 12.4. The van der Waals surface area contributed by atoms with Crippen molar-refractivity contribution in [2.75, 3.05) is 7.11 Å². The molecule has 0 aliphatic heterocycles. The Balaban J connectivity index is 1.99.